The van der Waals surface area contributed by atoms with Crippen LogP contribution in [0.25, 0.3) is 0 Å². The predicted octanol–water partition coefficient (Wildman–Crippen LogP) is -0.598. The number of nitrogens with one attached hydrogen (secondary N) is 2. The zero-order valence-electron chi connectivity index (χ0n) is 16.6. The number of nitrogen functional groups attached to an aromatic ring is 2. The van der Waals surface area contributed by atoms with Gasteiger partial charge in [0.1, 0.15) is 0 Å². The van der Waals surface area contributed by atoms with E-state index in [0.717, 1.165) is 0 Å². The summed E-state index contributed by atoms with van der Waals surface area (Å²) in [4.78, 5) is 42.4. The first-order valence-electron chi connectivity index (χ1n) is 9.36. The quantitative estimate of drug-likeness (QED) is 0.299. The molecule has 2 aliphatic rings. The van der Waals surface area contributed by atoms with E-state index in [-0.39, 0.29) is 39.6 Å². The van der Waals surface area contributed by atoms with Gasteiger partial charge in [0.25, 0.3) is 11.8 Å². The smallest absolute Gasteiger partial charge is 0.280 e. The highest BCUT2D eigenvalue weighted by Gasteiger charge is 2.40. The number of allylic oxidation sites excluding steroid dienone is 1. The van der Waals surface area contributed by atoms with Crippen LogP contribution in [0.2, 0.25) is 5.15 Å². The molecule has 0 radical (unpaired) electrons. The number of hydrogen-bond donors (Lipinski definition) is 5. The first-order valence-corrected chi connectivity index (χ1v) is 9.74. The summed E-state index contributed by atoms with van der Waals surface area (Å²) in [7, 11) is 0. The number of piperidine rings is 1. The van der Waals surface area contributed by atoms with Gasteiger partial charge in [-0.15, -0.1) is 0 Å². The summed E-state index contributed by atoms with van der Waals surface area (Å²) in [6, 6.07) is 0. The number of carbonyl (C=O) groups is 2. The van der Waals surface area contributed by atoms with Crippen molar-refractivity contribution in [2.75, 3.05) is 31.1 Å². The molecule has 3 heterocycles. The maximum atomic E-state index is 12.5. The fraction of sp³-hybridized carbons (Fsp3) is 0.333. The maximum absolute atomic E-state index is 12.5. The Balaban J connectivity index is 1.56. The standard InChI is InChI=1S/C18H23ClN10O2/c1-2-23-6-3-10(20)16(31)29-7-4-18(5-8-29)9-24-17(28-18)27-15(30)11-13(21)26-14(22)12(19)25-11/h2-3,6H,1,4-5,7-9,20H2,(H4,21,22,26)(H2,24,27,28,30)/b10-3-,23-6?. The number of halogens is 1. The fourth-order valence-corrected chi connectivity index (χ4v) is 3.39. The number of hydrogen-bond acceptors (Lipinski definition) is 10. The second-order valence-electron chi connectivity index (χ2n) is 7.05. The summed E-state index contributed by atoms with van der Waals surface area (Å²) in [5, 5.41) is 5.75. The van der Waals surface area contributed by atoms with Crippen molar-refractivity contribution in [3.05, 3.63) is 35.4 Å². The third kappa shape index (κ3) is 4.91. The Morgan fingerprint density at radius 2 is 1.97 bits per heavy atom. The van der Waals surface area contributed by atoms with Gasteiger partial charge in [0, 0.05) is 25.5 Å². The zero-order valence-corrected chi connectivity index (χ0v) is 17.4. The largest absolute Gasteiger partial charge is 0.394 e. The van der Waals surface area contributed by atoms with Crippen molar-refractivity contribution < 1.29 is 9.59 Å². The third-order valence-corrected chi connectivity index (χ3v) is 5.25. The molecule has 12 nitrogen and oxygen atoms in total. The van der Waals surface area contributed by atoms with Gasteiger partial charge in [0.2, 0.25) is 0 Å². The second kappa shape index (κ2) is 9.00. The lowest BCUT2D eigenvalue weighted by molar-refractivity contribution is -0.128. The van der Waals surface area contributed by atoms with Gasteiger partial charge in [0.05, 0.1) is 17.8 Å². The van der Waals surface area contributed by atoms with Crippen molar-refractivity contribution >= 4 is 47.2 Å². The van der Waals surface area contributed by atoms with Gasteiger partial charge in [-0.25, -0.2) is 9.97 Å². The van der Waals surface area contributed by atoms with E-state index >= 15 is 0 Å². The highest BCUT2D eigenvalue weighted by Crippen LogP contribution is 2.26. The summed E-state index contributed by atoms with van der Waals surface area (Å²) in [5.41, 5.74) is 16.6. The first kappa shape index (κ1) is 22.0. The van der Waals surface area contributed by atoms with Gasteiger partial charge in [-0.3, -0.25) is 24.9 Å². The zero-order chi connectivity index (χ0) is 22.6. The van der Waals surface area contributed by atoms with E-state index in [0.29, 0.717) is 38.4 Å². The Kier molecular flexibility index (Phi) is 6.39. The van der Waals surface area contributed by atoms with E-state index in [1.807, 2.05) is 0 Å². The molecular formula is C18H23ClN10O2. The molecule has 1 spiro atoms. The highest BCUT2D eigenvalue weighted by atomic mass is 35.5. The molecule has 8 N–H and O–H groups in total. The second-order valence-corrected chi connectivity index (χ2v) is 7.41. The Bertz CT molecular complexity index is 995. The minimum atomic E-state index is -0.609. The SMILES string of the molecule is C=CN=C/C=C(\N)C(=O)N1CCC2(CC1)CN=C(NC(=O)c1nc(Cl)c(N)nc1N)N2. The first-order chi connectivity index (χ1) is 14.7. The van der Waals surface area contributed by atoms with E-state index < -0.39 is 5.91 Å². The van der Waals surface area contributed by atoms with Gasteiger partial charge in [-0.2, -0.15) is 0 Å². The van der Waals surface area contributed by atoms with Crippen LogP contribution in [0, 0.1) is 0 Å². The normalized spacial score (nSPS) is 18.0. The Morgan fingerprint density at radius 3 is 2.65 bits per heavy atom. The fourth-order valence-electron chi connectivity index (χ4n) is 3.27. The minimum Gasteiger partial charge on any atom is -0.394 e. The topological polar surface area (TPSA) is 190 Å². The van der Waals surface area contributed by atoms with Gasteiger partial charge in [-0.05, 0) is 18.9 Å². The van der Waals surface area contributed by atoms with Gasteiger partial charge in [-0.1, -0.05) is 18.2 Å². The number of anilines is 2. The van der Waals surface area contributed by atoms with Crippen molar-refractivity contribution in [1.82, 2.24) is 25.5 Å². The lowest BCUT2D eigenvalue weighted by Crippen LogP contribution is -2.57. The molecule has 0 aliphatic carbocycles. The van der Waals surface area contributed by atoms with Crippen LogP contribution in [0.3, 0.4) is 0 Å². The van der Waals surface area contributed by atoms with Crippen LogP contribution in [-0.4, -0.2) is 64.0 Å². The van der Waals surface area contributed by atoms with Crippen LogP contribution >= 0.6 is 11.6 Å². The maximum Gasteiger partial charge on any atom is 0.280 e. The average Bonchev–Trinajstić information content (AvgIpc) is 3.12. The van der Waals surface area contributed by atoms with Crippen LogP contribution < -0.4 is 27.8 Å². The number of nitrogens with two attached hydrogens (primary N) is 3. The van der Waals surface area contributed by atoms with Crippen molar-refractivity contribution in [3.8, 4) is 0 Å². The Labute approximate surface area is 183 Å². The number of aliphatic imine (C=N–C) groups is 2. The number of rotatable bonds is 4. The van der Waals surface area contributed by atoms with Crippen LogP contribution in [0.4, 0.5) is 11.6 Å². The molecule has 2 aliphatic heterocycles. The van der Waals surface area contributed by atoms with Gasteiger partial charge in [0.15, 0.2) is 28.4 Å². The average molecular weight is 447 g/mol. The highest BCUT2D eigenvalue weighted by molar-refractivity contribution is 6.31. The Morgan fingerprint density at radius 1 is 1.26 bits per heavy atom. The van der Waals surface area contributed by atoms with Crippen molar-refractivity contribution in [2.45, 2.75) is 18.4 Å². The molecule has 1 saturated heterocycles. The van der Waals surface area contributed by atoms with Crippen molar-refractivity contribution in [3.63, 3.8) is 0 Å². The molecule has 0 atom stereocenters. The van der Waals surface area contributed by atoms with E-state index in [1.54, 1.807) is 4.90 Å². The molecule has 13 heteroatoms. The molecule has 0 saturated carbocycles. The molecule has 3 rings (SSSR count). The monoisotopic (exact) mass is 446 g/mol. The summed E-state index contributed by atoms with van der Waals surface area (Å²) in [6.45, 7) is 4.88. The number of aromatic nitrogens is 2. The minimum absolute atomic E-state index is 0.0595. The third-order valence-electron chi connectivity index (χ3n) is 4.98. The summed E-state index contributed by atoms with van der Waals surface area (Å²) < 4.78 is 0. The molecule has 1 fully saturated rings. The van der Waals surface area contributed by atoms with Gasteiger partial charge < -0.3 is 27.4 Å². The molecule has 31 heavy (non-hydrogen) atoms. The molecule has 1 aromatic rings. The molecule has 0 aromatic carbocycles. The number of nitrogens with zero attached hydrogens (tertiary/aromatic N) is 5. The summed E-state index contributed by atoms with van der Waals surface area (Å²) >= 11 is 5.82. The van der Waals surface area contributed by atoms with Crippen LogP contribution in [0.15, 0.2) is 34.5 Å². The lowest BCUT2D eigenvalue weighted by atomic mass is 9.88. The molecule has 0 bridgehead atoms. The lowest BCUT2D eigenvalue weighted by Gasteiger charge is -2.39. The van der Waals surface area contributed by atoms with Crippen molar-refractivity contribution in [1.29, 1.82) is 0 Å². The molecule has 164 valence electrons. The van der Waals surface area contributed by atoms with Crippen LogP contribution in [-0.2, 0) is 4.79 Å². The summed E-state index contributed by atoms with van der Waals surface area (Å²) in [6.07, 6.45) is 5.47. The number of likely N-dealkylation sites (tertiary alicyclic amines) is 1. The van der Waals surface area contributed by atoms with E-state index in [1.165, 1.54) is 18.5 Å². The molecular weight excluding hydrogens is 424 g/mol. The van der Waals surface area contributed by atoms with E-state index in [9.17, 15) is 9.59 Å². The van der Waals surface area contributed by atoms with E-state index in [4.69, 9.17) is 28.8 Å². The molecule has 1 aromatic heterocycles. The number of carbonyl (C=O) groups excluding carboxylic acids is 2. The van der Waals surface area contributed by atoms with Crippen LogP contribution in [0.1, 0.15) is 23.3 Å². The van der Waals surface area contributed by atoms with Gasteiger partial charge >= 0.3 is 0 Å². The number of guanidine groups is 1. The van der Waals surface area contributed by atoms with Crippen molar-refractivity contribution in [2.24, 2.45) is 15.7 Å². The Hall–Kier alpha value is -3.67. The predicted molar refractivity (Wildman–Crippen MR) is 118 cm³/mol. The molecule has 0 unspecified atom stereocenters. The number of amides is 2. The molecule has 2 amide bonds. The summed E-state index contributed by atoms with van der Waals surface area (Å²) in [5.74, 6) is -0.771. The van der Waals surface area contributed by atoms with Crippen LogP contribution in [0.5, 0.6) is 0 Å². The van der Waals surface area contributed by atoms with E-state index in [2.05, 4.69) is 37.2 Å².